The van der Waals surface area contributed by atoms with E-state index in [4.69, 9.17) is 0 Å². The predicted molar refractivity (Wildman–Crippen MR) is 117 cm³/mol. The van der Waals surface area contributed by atoms with Crippen LogP contribution in [-0.4, -0.2) is 59.6 Å². The van der Waals surface area contributed by atoms with Gasteiger partial charge >= 0.3 is 11.4 Å². The monoisotopic (exact) mass is 455 g/mol. The number of hydrogen-bond donors (Lipinski definition) is 0. The molecule has 3 heterocycles. The largest absolute Gasteiger partial charge is 0.331 e. The summed E-state index contributed by atoms with van der Waals surface area (Å²) < 4.78 is 0. The molecule has 2 aromatic rings. The quantitative estimate of drug-likeness (QED) is 0.427. The van der Waals surface area contributed by atoms with E-state index in [2.05, 4.69) is 24.9 Å². The lowest BCUT2D eigenvalue weighted by atomic mass is 10.2. The van der Waals surface area contributed by atoms with Gasteiger partial charge in [-0.2, -0.15) is 5.01 Å². The average Bonchev–Trinajstić information content (AvgIpc) is 3.70. The molecule has 3 aliphatic rings. The lowest BCUT2D eigenvalue weighted by molar-refractivity contribution is -0.385. The Balaban J connectivity index is 1.60. The van der Waals surface area contributed by atoms with Crippen LogP contribution in [0.15, 0.2) is 25.0 Å². The van der Waals surface area contributed by atoms with Crippen LogP contribution in [0, 0.1) is 20.2 Å². The lowest BCUT2D eigenvalue weighted by Gasteiger charge is -2.45. The van der Waals surface area contributed by atoms with Crippen LogP contribution in [0.3, 0.4) is 0 Å². The summed E-state index contributed by atoms with van der Waals surface area (Å²) in [4.78, 5) is 41.1. The summed E-state index contributed by atoms with van der Waals surface area (Å²) in [6, 6.07) is 0.228. The molecular weight excluding hydrogens is 430 g/mol. The molecule has 3 fully saturated rings. The van der Waals surface area contributed by atoms with Gasteiger partial charge in [0.25, 0.3) is 0 Å². The molecule has 0 amide bonds. The first-order valence-electron chi connectivity index (χ1n) is 11.3. The molecule has 1 unspecified atom stereocenters. The maximum Gasteiger partial charge on any atom is 0.331 e. The zero-order chi connectivity index (χ0) is 22.9. The van der Waals surface area contributed by atoms with E-state index in [9.17, 15) is 20.2 Å². The van der Waals surface area contributed by atoms with Crippen LogP contribution < -0.4 is 9.91 Å². The Bertz CT molecular complexity index is 964. The molecule has 33 heavy (non-hydrogen) atoms. The maximum absolute atomic E-state index is 11.8. The number of hydrazine groups is 1. The topological polar surface area (TPSA) is 148 Å². The number of hydrogen-bond acceptors (Lipinski definition) is 11. The number of aromatic nitrogens is 4. The normalized spacial score (nSPS) is 21.3. The first-order valence-corrected chi connectivity index (χ1v) is 11.3. The van der Waals surface area contributed by atoms with Crippen LogP contribution in [0.1, 0.15) is 51.4 Å². The summed E-state index contributed by atoms with van der Waals surface area (Å²) in [6.07, 6.45) is 12.2. The van der Waals surface area contributed by atoms with Crippen LogP contribution >= 0.6 is 0 Å². The van der Waals surface area contributed by atoms with E-state index in [1.807, 2.05) is 9.91 Å². The minimum Gasteiger partial charge on any atom is -0.330 e. The Hall–Kier alpha value is -3.48. The summed E-state index contributed by atoms with van der Waals surface area (Å²) in [7, 11) is 0. The molecule has 0 aromatic carbocycles. The van der Waals surface area contributed by atoms with Gasteiger partial charge in [-0.15, -0.1) is 0 Å². The van der Waals surface area contributed by atoms with Gasteiger partial charge in [0, 0.05) is 18.6 Å². The van der Waals surface area contributed by atoms with Gasteiger partial charge in [0.15, 0.2) is 0 Å². The number of nitrogens with zero attached hydrogens (tertiary/aromatic N) is 9. The van der Waals surface area contributed by atoms with Crippen LogP contribution in [-0.2, 0) is 0 Å². The Kier molecular flexibility index (Phi) is 5.70. The van der Waals surface area contributed by atoms with Crippen molar-refractivity contribution in [2.75, 3.05) is 16.5 Å². The van der Waals surface area contributed by atoms with Crippen molar-refractivity contribution in [1.29, 1.82) is 0 Å². The van der Waals surface area contributed by atoms with Gasteiger partial charge in [-0.3, -0.25) is 25.2 Å². The first kappa shape index (κ1) is 21.4. The fraction of sp³-hybridized carbons (Fsp3) is 0.600. The summed E-state index contributed by atoms with van der Waals surface area (Å²) in [5, 5.41) is 27.6. The molecule has 13 nitrogen and oxygen atoms in total. The molecule has 0 spiro atoms. The highest BCUT2D eigenvalue weighted by molar-refractivity contribution is 5.60. The van der Waals surface area contributed by atoms with Crippen LogP contribution in [0.5, 0.6) is 0 Å². The van der Waals surface area contributed by atoms with Gasteiger partial charge in [0.1, 0.15) is 31.2 Å². The SMILES string of the molecule is O=[N+]([O-])c1cncnc1N(C1CC1)C1CCCCCN1N(c1ncncc1[N+](=O)[O-])C1CC1. The fourth-order valence-corrected chi connectivity index (χ4v) is 4.61. The van der Waals surface area contributed by atoms with Gasteiger partial charge in [-0.25, -0.2) is 19.9 Å². The lowest BCUT2D eigenvalue weighted by Crippen LogP contribution is -2.58. The molecule has 0 bridgehead atoms. The van der Waals surface area contributed by atoms with Crippen LogP contribution in [0.2, 0.25) is 0 Å². The van der Waals surface area contributed by atoms with Crippen molar-refractivity contribution in [2.24, 2.45) is 0 Å². The maximum atomic E-state index is 11.8. The van der Waals surface area contributed by atoms with Crippen molar-refractivity contribution in [1.82, 2.24) is 24.9 Å². The minimum absolute atomic E-state index is 0.0978. The second kappa shape index (κ2) is 8.81. The zero-order valence-corrected chi connectivity index (χ0v) is 18.1. The Morgan fingerprint density at radius 3 is 2.03 bits per heavy atom. The van der Waals surface area contributed by atoms with Gasteiger partial charge < -0.3 is 4.90 Å². The average molecular weight is 455 g/mol. The van der Waals surface area contributed by atoms with Crippen LogP contribution in [0.4, 0.5) is 23.0 Å². The van der Waals surface area contributed by atoms with E-state index in [0.29, 0.717) is 12.4 Å². The number of nitro groups is 2. The highest BCUT2D eigenvalue weighted by Crippen LogP contribution is 2.43. The van der Waals surface area contributed by atoms with Gasteiger partial charge in [-0.05, 0) is 44.9 Å². The van der Waals surface area contributed by atoms with Crippen molar-refractivity contribution < 1.29 is 9.85 Å². The standard InChI is InChI=1S/C20H25N9O4/c30-28(31)16-10-21-12-23-19(16)26(14-5-6-14)18-4-2-1-3-9-25(18)27(15-7-8-15)20-17(29(32)33)11-22-13-24-20/h10-15,18H,1-9H2. The molecule has 0 N–H and O–H groups in total. The van der Waals surface area contributed by atoms with Crippen molar-refractivity contribution >= 4 is 23.0 Å². The third-order valence-corrected chi connectivity index (χ3v) is 6.32. The van der Waals surface area contributed by atoms with Crippen molar-refractivity contribution in [3.05, 3.63) is 45.3 Å². The summed E-state index contributed by atoms with van der Waals surface area (Å²) in [5.41, 5.74) is -0.266. The molecule has 1 saturated heterocycles. The molecular formula is C20H25N9O4. The van der Waals surface area contributed by atoms with Crippen LogP contribution in [0.25, 0.3) is 0 Å². The summed E-state index contributed by atoms with van der Waals surface area (Å²) in [5.74, 6) is 0.583. The molecule has 1 aliphatic heterocycles. The predicted octanol–water partition coefficient (Wildman–Crippen LogP) is 2.84. The fourth-order valence-electron chi connectivity index (χ4n) is 4.61. The van der Waals surface area contributed by atoms with E-state index in [1.54, 1.807) is 0 Å². The zero-order valence-electron chi connectivity index (χ0n) is 18.1. The number of rotatable bonds is 8. The minimum atomic E-state index is -0.453. The third kappa shape index (κ3) is 4.27. The van der Waals surface area contributed by atoms with Crippen molar-refractivity contribution in [2.45, 2.75) is 69.6 Å². The third-order valence-electron chi connectivity index (χ3n) is 6.32. The highest BCUT2D eigenvalue weighted by Gasteiger charge is 2.46. The second-order valence-electron chi connectivity index (χ2n) is 8.68. The molecule has 1 atom stereocenters. The van der Waals surface area contributed by atoms with Gasteiger partial charge in [-0.1, -0.05) is 6.42 Å². The Morgan fingerprint density at radius 2 is 1.42 bits per heavy atom. The molecule has 0 radical (unpaired) electrons. The highest BCUT2D eigenvalue weighted by atomic mass is 16.6. The van der Waals surface area contributed by atoms with Gasteiger partial charge in [0.2, 0.25) is 11.6 Å². The molecule has 174 valence electrons. The van der Waals surface area contributed by atoms with E-state index >= 15 is 0 Å². The Labute approximate surface area is 189 Å². The molecule has 13 heteroatoms. The molecule has 2 aliphatic carbocycles. The summed E-state index contributed by atoms with van der Waals surface area (Å²) >= 11 is 0. The Morgan fingerprint density at radius 1 is 0.818 bits per heavy atom. The summed E-state index contributed by atoms with van der Waals surface area (Å²) in [6.45, 7) is 0.671. The first-order chi connectivity index (χ1) is 16.1. The molecule has 2 aromatic heterocycles. The van der Waals surface area contributed by atoms with E-state index in [0.717, 1.165) is 51.4 Å². The van der Waals surface area contributed by atoms with Crippen molar-refractivity contribution in [3.8, 4) is 0 Å². The smallest absolute Gasteiger partial charge is 0.330 e. The van der Waals surface area contributed by atoms with E-state index < -0.39 is 9.85 Å². The number of anilines is 2. The van der Waals surface area contributed by atoms with E-state index in [1.165, 1.54) is 25.0 Å². The second-order valence-corrected chi connectivity index (χ2v) is 8.68. The van der Waals surface area contributed by atoms with E-state index in [-0.39, 0.29) is 35.4 Å². The van der Waals surface area contributed by atoms with Crippen molar-refractivity contribution in [3.63, 3.8) is 0 Å². The van der Waals surface area contributed by atoms with Gasteiger partial charge in [0.05, 0.1) is 9.85 Å². The molecule has 5 rings (SSSR count). The molecule has 2 saturated carbocycles.